The van der Waals surface area contributed by atoms with Gasteiger partial charge in [-0.3, -0.25) is 0 Å². The summed E-state index contributed by atoms with van der Waals surface area (Å²) in [5.41, 5.74) is 0. The first kappa shape index (κ1) is 6.94. The van der Waals surface area contributed by atoms with Crippen molar-refractivity contribution in [3.63, 3.8) is 0 Å². The molecule has 0 saturated carbocycles. The third-order valence-electron chi connectivity index (χ3n) is 0.471. The molecule has 0 amide bonds. The maximum atomic E-state index is 8.11. The van der Waals surface area contributed by atoms with Crippen LogP contribution in [0.4, 0.5) is 0 Å². The van der Waals surface area contributed by atoms with Crippen molar-refractivity contribution >= 4 is 7.12 Å². The van der Waals surface area contributed by atoms with Crippen molar-refractivity contribution < 1.29 is 14.8 Å². The second-order valence-electron chi connectivity index (χ2n) is 1.14. The van der Waals surface area contributed by atoms with Crippen LogP contribution in [0.25, 0.3) is 0 Å². The van der Waals surface area contributed by atoms with E-state index in [1.807, 2.05) is 0 Å². The van der Waals surface area contributed by atoms with Crippen LogP contribution >= 0.6 is 0 Å². The zero-order valence-corrected chi connectivity index (χ0v) is 4.29. The van der Waals surface area contributed by atoms with Crippen LogP contribution in [0.3, 0.4) is 0 Å². The molecule has 0 atom stereocenters. The van der Waals surface area contributed by atoms with Crippen LogP contribution in [0.2, 0.25) is 0 Å². The fourth-order valence-electron chi connectivity index (χ4n) is 0.223. The Morgan fingerprint density at radius 2 is 2.14 bits per heavy atom. The molecular weight excluding hydrogens is 94.8 g/mol. The van der Waals surface area contributed by atoms with E-state index < -0.39 is 7.12 Å². The van der Waals surface area contributed by atoms with E-state index >= 15 is 0 Å². The molecule has 0 aromatic carbocycles. The lowest BCUT2D eigenvalue weighted by molar-refractivity contribution is 0.167. The summed E-state index contributed by atoms with van der Waals surface area (Å²) in [6.45, 7) is 2.33. The third-order valence-corrected chi connectivity index (χ3v) is 0.471. The quantitative estimate of drug-likeness (QED) is 0.453. The maximum Gasteiger partial charge on any atom is 0.479 e. The Morgan fingerprint density at radius 1 is 1.57 bits per heavy atom. The molecule has 0 radical (unpaired) electrons. The normalized spacial score (nSPS) is 9.00. The van der Waals surface area contributed by atoms with Crippen molar-refractivity contribution in [2.75, 3.05) is 13.1 Å². The predicted molar refractivity (Wildman–Crippen MR) is 26.7 cm³/mol. The molecule has 4 heteroatoms. The lowest BCUT2D eigenvalue weighted by atomic mass is 9.95. The third kappa shape index (κ3) is 5.94. The Hall–Kier alpha value is -0.0551. The lowest BCUT2D eigenvalue weighted by Gasteiger charge is -1.95. The van der Waals surface area contributed by atoms with E-state index in [2.05, 4.69) is 4.74 Å². The molecule has 0 aromatic heterocycles. The number of ether oxygens (including phenoxy) is 1. The first-order chi connectivity index (χ1) is 3.27. The van der Waals surface area contributed by atoms with Crippen LogP contribution in [0, 0.1) is 0 Å². The zero-order valence-electron chi connectivity index (χ0n) is 4.29. The van der Waals surface area contributed by atoms with Gasteiger partial charge < -0.3 is 14.8 Å². The average Bonchev–Trinajstić information content (AvgIpc) is 1.61. The van der Waals surface area contributed by atoms with Crippen molar-refractivity contribution in [2.24, 2.45) is 0 Å². The highest BCUT2D eigenvalue weighted by Gasteiger charge is 2.03. The fraction of sp³-hybridized carbons (Fsp3) is 1.00. The molecule has 0 aromatic rings. The summed E-state index contributed by atoms with van der Waals surface area (Å²) in [5.74, 6) is 0. The summed E-state index contributed by atoms with van der Waals surface area (Å²) in [6.07, 6.45) is 0. The van der Waals surface area contributed by atoms with Gasteiger partial charge in [0.25, 0.3) is 0 Å². The molecule has 0 aliphatic rings. The second-order valence-corrected chi connectivity index (χ2v) is 1.14. The maximum absolute atomic E-state index is 8.11. The summed E-state index contributed by atoms with van der Waals surface area (Å²) in [6, 6.07) is 0. The fourth-order valence-corrected chi connectivity index (χ4v) is 0.223. The van der Waals surface area contributed by atoms with Gasteiger partial charge in [-0.1, -0.05) is 0 Å². The van der Waals surface area contributed by atoms with Crippen molar-refractivity contribution in [3.05, 3.63) is 0 Å². The van der Waals surface area contributed by atoms with E-state index in [0.717, 1.165) is 0 Å². The number of hydrogen-bond acceptors (Lipinski definition) is 3. The second kappa shape index (κ2) is 4.11. The molecule has 0 rings (SSSR count). The van der Waals surface area contributed by atoms with Crippen molar-refractivity contribution in [1.29, 1.82) is 0 Å². The Kier molecular flexibility index (Phi) is 4.08. The highest BCUT2D eigenvalue weighted by molar-refractivity contribution is 6.40. The van der Waals surface area contributed by atoms with Gasteiger partial charge in [0, 0.05) is 6.61 Å². The van der Waals surface area contributed by atoms with Crippen molar-refractivity contribution in [1.82, 2.24) is 0 Å². The molecule has 3 nitrogen and oxygen atoms in total. The Labute approximate surface area is 43.1 Å². The summed E-state index contributed by atoms with van der Waals surface area (Å²) in [7, 11) is -1.32. The van der Waals surface area contributed by atoms with Crippen LogP contribution in [-0.4, -0.2) is 30.3 Å². The van der Waals surface area contributed by atoms with Gasteiger partial charge in [-0.2, -0.15) is 0 Å². The predicted octanol–water partition coefficient (Wildman–Crippen LogP) is -0.965. The van der Waals surface area contributed by atoms with Gasteiger partial charge in [0.15, 0.2) is 0 Å². The summed E-state index contributed by atoms with van der Waals surface area (Å²) < 4.78 is 4.59. The van der Waals surface area contributed by atoms with Crippen LogP contribution in [0.5, 0.6) is 0 Å². The van der Waals surface area contributed by atoms with E-state index in [-0.39, 0.29) is 6.51 Å². The standard InChI is InChI=1S/C3H9BO3/c1-2-7-3-4(5)6/h5-6H,2-3H2,1H3. The monoisotopic (exact) mass is 104 g/mol. The molecule has 0 bridgehead atoms. The molecule has 0 heterocycles. The molecule has 0 spiro atoms. The molecular formula is C3H9BO3. The molecule has 0 fully saturated rings. The van der Waals surface area contributed by atoms with E-state index in [4.69, 9.17) is 10.0 Å². The molecule has 0 aliphatic heterocycles. The van der Waals surface area contributed by atoms with E-state index in [0.29, 0.717) is 6.61 Å². The van der Waals surface area contributed by atoms with Crippen molar-refractivity contribution in [2.45, 2.75) is 6.92 Å². The summed E-state index contributed by atoms with van der Waals surface area (Å²) in [4.78, 5) is 0. The molecule has 0 unspecified atom stereocenters. The van der Waals surface area contributed by atoms with Gasteiger partial charge in [-0.25, -0.2) is 0 Å². The van der Waals surface area contributed by atoms with Gasteiger partial charge in [-0.15, -0.1) is 0 Å². The van der Waals surface area contributed by atoms with E-state index in [1.54, 1.807) is 6.92 Å². The molecule has 7 heavy (non-hydrogen) atoms. The zero-order chi connectivity index (χ0) is 5.70. The molecule has 42 valence electrons. The molecule has 0 saturated heterocycles. The average molecular weight is 104 g/mol. The molecule has 2 N–H and O–H groups in total. The number of rotatable bonds is 3. The van der Waals surface area contributed by atoms with Crippen LogP contribution < -0.4 is 0 Å². The van der Waals surface area contributed by atoms with Gasteiger partial charge in [-0.05, 0) is 6.92 Å². The van der Waals surface area contributed by atoms with Gasteiger partial charge in [0.2, 0.25) is 0 Å². The SMILES string of the molecule is CCOCB(O)O. The summed E-state index contributed by atoms with van der Waals surface area (Å²) in [5, 5.41) is 16.2. The smallest absolute Gasteiger partial charge is 0.426 e. The van der Waals surface area contributed by atoms with Crippen molar-refractivity contribution in [3.8, 4) is 0 Å². The van der Waals surface area contributed by atoms with E-state index in [1.165, 1.54) is 0 Å². The first-order valence-electron chi connectivity index (χ1n) is 2.21. The lowest BCUT2D eigenvalue weighted by Crippen LogP contribution is -2.19. The van der Waals surface area contributed by atoms with Crippen LogP contribution in [-0.2, 0) is 4.74 Å². The van der Waals surface area contributed by atoms with Gasteiger partial charge in [0.1, 0.15) is 0 Å². The van der Waals surface area contributed by atoms with Gasteiger partial charge >= 0.3 is 7.12 Å². The Balaban J connectivity index is 2.68. The topological polar surface area (TPSA) is 49.7 Å². The van der Waals surface area contributed by atoms with Gasteiger partial charge in [0.05, 0.1) is 6.51 Å². The minimum atomic E-state index is -1.32. The van der Waals surface area contributed by atoms with Crippen LogP contribution in [0.15, 0.2) is 0 Å². The van der Waals surface area contributed by atoms with Crippen LogP contribution in [0.1, 0.15) is 6.92 Å². The highest BCUT2D eigenvalue weighted by atomic mass is 16.5. The minimum Gasteiger partial charge on any atom is -0.426 e. The number of hydrogen-bond donors (Lipinski definition) is 2. The Bertz CT molecular complexity index is 39.2. The Morgan fingerprint density at radius 3 is 2.29 bits per heavy atom. The van der Waals surface area contributed by atoms with E-state index in [9.17, 15) is 0 Å². The first-order valence-corrected chi connectivity index (χ1v) is 2.21. The highest BCUT2D eigenvalue weighted by Crippen LogP contribution is 1.72. The largest absolute Gasteiger partial charge is 0.479 e. The minimum absolute atomic E-state index is 0.0104. The molecule has 0 aliphatic carbocycles. The summed E-state index contributed by atoms with van der Waals surface area (Å²) >= 11 is 0.